The molecule has 3 rings (SSSR count). The zero-order valence-corrected chi connectivity index (χ0v) is 14.9. The number of nitrogens with two attached hydrogens (primary N) is 1. The Balaban J connectivity index is 2.10. The van der Waals surface area contributed by atoms with Crippen LogP contribution in [0.4, 0.5) is 18.9 Å². The van der Waals surface area contributed by atoms with E-state index in [2.05, 4.69) is 30.9 Å². The Morgan fingerprint density at radius 3 is 2.60 bits per heavy atom. The van der Waals surface area contributed by atoms with Gasteiger partial charge in [-0.25, -0.2) is 9.97 Å². The van der Waals surface area contributed by atoms with E-state index in [1.165, 1.54) is 6.20 Å². The molecule has 0 fully saturated rings. The fourth-order valence-electron chi connectivity index (χ4n) is 2.45. The monoisotopic (exact) mass is 411 g/mol. The molecule has 0 atom stereocenters. The smallest absolute Gasteiger partial charge is 0.397 e. The SMILES string of the molecule is Cc1cc(N)c(Br)nc1-c1ncc(-c2cc(C(F)(F)F)ccn2)n1C. The molecule has 3 heterocycles. The highest BCUT2D eigenvalue weighted by Gasteiger charge is 2.31. The zero-order chi connectivity index (χ0) is 18.4. The normalized spacial score (nSPS) is 11.8. The van der Waals surface area contributed by atoms with Gasteiger partial charge in [-0.2, -0.15) is 13.2 Å². The van der Waals surface area contributed by atoms with Gasteiger partial charge in [0.2, 0.25) is 0 Å². The van der Waals surface area contributed by atoms with E-state index in [-0.39, 0.29) is 5.69 Å². The van der Waals surface area contributed by atoms with Crippen LogP contribution in [-0.4, -0.2) is 19.5 Å². The summed E-state index contributed by atoms with van der Waals surface area (Å²) in [6, 6.07) is 3.69. The number of nitrogen functional groups attached to an aromatic ring is 1. The summed E-state index contributed by atoms with van der Waals surface area (Å²) in [7, 11) is 1.70. The van der Waals surface area contributed by atoms with Crippen molar-refractivity contribution in [1.29, 1.82) is 0 Å². The molecule has 3 aromatic heterocycles. The Labute approximate surface area is 149 Å². The highest BCUT2D eigenvalue weighted by Crippen LogP contribution is 2.33. The van der Waals surface area contributed by atoms with Crippen molar-refractivity contribution in [2.45, 2.75) is 13.1 Å². The van der Waals surface area contributed by atoms with Crippen molar-refractivity contribution in [3.05, 3.63) is 46.3 Å². The van der Waals surface area contributed by atoms with Crippen LogP contribution in [0.3, 0.4) is 0 Å². The Bertz CT molecular complexity index is 949. The summed E-state index contributed by atoms with van der Waals surface area (Å²) in [6.07, 6.45) is -1.82. The number of halogens is 4. The fraction of sp³-hybridized carbons (Fsp3) is 0.188. The third-order valence-electron chi connectivity index (χ3n) is 3.74. The molecule has 0 saturated heterocycles. The molecule has 0 aliphatic rings. The van der Waals surface area contributed by atoms with Crippen LogP contribution in [-0.2, 0) is 13.2 Å². The summed E-state index contributed by atoms with van der Waals surface area (Å²) in [5.74, 6) is 0.507. The maximum absolute atomic E-state index is 12.9. The molecule has 0 unspecified atom stereocenters. The molecule has 0 bridgehead atoms. The molecule has 25 heavy (non-hydrogen) atoms. The van der Waals surface area contributed by atoms with Crippen LogP contribution in [0.2, 0.25) is 0 Å². The van der Waals surface area contributed by atoms with E-state index in [0.29, 0.717) is 27.5 Å². The number of aryl methyl sites for hydroxylation is 1. The summed E-state index contributed by atoms with van der Waals surface area (Å²) >= 11 is 3.27. The van der Waals surface area contributed by atoms with Crippen LogP contribution >= 0.6 is 15.9 Å². The van der Waals surface area contributed by atoms with E-state index in [9.17, 15) is 13.2 Å². The summed E-state index contributed by atoms with van der Waals surface area (Å²) in [5, 5.41) is 0. The molecule has 0 aliphatic heterocycles. The number of nitrogens with zero attached hydrogens (tertiary/aromatic N) is 4. The standard InChI is InChI=1S/C16H13BrF3N5/c1-8-5-10(21)14(17)24-13(8)15-23-7-12(25(15)2)11-6-9(3-4-22-11)16(18,19)20/h3-7H,21H2,1-2H3. The predicted molar refractivity (Wildman–Crippen MR) is 91.5 cm³/mol. The minimum atomic E-state index is -4.43. The summed E-state index contributed by atoms with van der Waals surface area (Å²) in [6.45, 7) is 1.84. The van der Waals surface area contributed by atoms with Crippen molar-refractivity contribution in [2.24, 2.45) is 7.05 Å². The van der Waals surface area contributed by atoms with Gasteiger partial charge in [-0.15, -0.1) is 0 Å². The van der Waals surface area contributed by atoms with Crippen molar-refractivity contribution in [3.8, 4) is 22.9 Å². The molecule has 0 radical (unpaired) electrons. The van der Waals surface area contributed by atoms with E-state index < -0.39 is 11.7 Å². The quantitative estimate of drug-likeness (QED) is 0.641. The Hall–Kier alpha value is -2.42. The maximum Gasteiger partial charge on any atom is 0.416 e. The second kappa shape index (κ2) is 6.14. The van der Waals surface area contributed by atoms with Gasteiger partial charge >= 0.3 is 6.18 Å². The van der Waals surface area contributed by atoms with Crippen LogP contribution in [0.1, 0.15) is 11.1 Å². The number of hydrogen-bond donors (Lipinski definition) is 1. The van der Waals surface area contributed by atoms with E-state index in [0.717, 1.165) is 23.9 Å². The van der Waals surface area contributed by atoms with Gasteiger partial charge in [0.1, 0.15) is 10.3 Å². The molecule has 5 nitrogen and oxygen atoms in total. The Morgan fingerprint density at radius 1 is 1.20 bits per heavy atom. The van der Waals surface area contributed by atoms with E-state index >= 15 is 0 Å². The molecule has 130 valence electrons. The van der Waals surface area contributed by atoms with Crippen LogP contribution in [0.5, 0.6) is 0 Å². The minimum absolute atomic E-state index is 0.184. The number of pyridine rings is 2. The highest BCUT2D eigenvalue weighted by atomic mass is 79.9. The Kier molecular flexibility index (Phi) is 4.28. The third-order valence-corrected chi connectivity index (χ3v) is 4.38. The van der Waals surface area contributed by atoms with Gasteiger partial charge in [0.05, 0.1) is 28.8 Å². The molecule has 0 amide bonds. The zero-order valence-electron chi connectivity index (χ0n) is 13.3. The molecule has 2 N–H and O–H groups in total. The van der Waals surface area contributed by atoms with E-state index in [1.807, 2.05) is 6.92 Å². The number of anilines is 1. The van der Waals surface area contributed by atoms with Gasteiger partial charge in [0.25, 0.3) is 0 Å². The molecule has 9 heteroatoms. The van der Waals surface area contributed by atoms with Crippen LogP contribution < -0.4 is 5.73 Å². The van der Waals surface area contributed by atoms with Crippen LogP contribution in [0, 0.1) is 6.92 Å². The average Bonchev–Trinajstić information content (AvgIpc) is 2.92. The summed E-state index contributed by atoms with van der Waals surface area (Å²) in [4.78, 5) is 12.7. The van der Waals surface area contributed by atoms with Gasteiger partial charge < -0.3 is 10.3 Å². The highest BCUT2D eigenvalue weighted by molar-refractivity contribution is 9.10. The van der Waals surface area contributed by atoms with Gasteiger partial charge in [-0.05, 0) is 46.6 Å². The maximum atomic E-state index is 12.9. The summed E-state index contributed by atoms with van der Waals surface area (Å²) in [5.41, 5.74) is 7.57. The van der Waals surface area contributed by atoms with Gasteiger partial charge in [0, 0.05) is 13.2 Å². The number of aromatic nitrogens is 4. The van der Waals surface area contributed by atoms with Gasteiger partial charge in [-0.1, -0.05) is 0 Å². The molecule has 0 aliphatic carbocycles. The first-order valence-corrected chi connectivity index (χ1v) is 7.96. The second-order valence-electron chi connectivity index (χ2n) is 5.49. The number of imidazole rings is 1. The molecule has 3 aromatic rings. The third kappa shape index (κ3) is 3.23. The molecule has 0 aromatic carbocycles. The molecular weight excluding hydrogens is 399 g/mol. The van der Waals surface area contributed by atoms with E-state index in [4.69, 9.17) is 5.73 Å². The number of rotatable bonds is 2. The van der Waals surface area contributed by atoms with Crippen molar-refractivity contribution < 1.29 is 13.2 Å². The lowest BCUT2D eigenvalue weighted by Gasteiger charge is -2.10. The Morgan fingerprint density at radius 2 is 1.92 bits per heavy atom. The molecular formula is C16H13BrF3N5. The van der Waals surface area contributed by atoms with Crippen molar-refractivity contribution in [3.63, 3.8) is 0 Å². The van der Waals surface area contributed by atoms with Gasteiger partial charge in [0.15, 0.2) is 5.82 Å². The second-order valence-corrected chi connectivity index (χ2v) is 6.24. The van der Waals surface area contributed by atoms with Crippen molar-refractivity contribution >= 4 is 21.6 Å². The largest absolute Gasteiger partial charge is 0.416 e. The molecule has 0 spiro atoms. The van der Waals surface area contributed by atoms with Crippen molar-refractivity contribution in [2.75, 3.05) is 5.73 Å². The number of alkyl halides is 3. The van der Waals surface area contributed by atoms with Crippen molar-refractivity contribution in [1.82, 2.24) is 19.5 Å². The first-order valence-electron chi connectivity index (χ1n) is 7.17. The first kappa shape index (κ1) is 17.4. The van der Waals surface area contributed by atoms with Crippen LogP contribution in [0.25, 0.3) is 22.9 Å². The lowest BCUT2D eigenvalue weighted by Crippen LogP contribution is -2.06. The van der Waals surface area contributed by atoms with Crippen LogP contribution in [0.15, 0.2) is 35.2 Å². The lowest BCUT2D eigenvalue weighted by molar-refractivity contribution is -0.137. The first-order chi connectivity index (χ1) is 11.7. The topological polar surface area (TPSA) is 69.6 Å². The fourth-order valence-corrected chi connectivity index (χ4v) is 2.74. The van der Waals surface area contributed by atoms with Gasteiger partial charge in [-0.3, -0.25) is 4.98 Å². The predicted octanol–water partition coefficient (Wildman–Crippen LogP) is 4.22. The lowest BCUT2D eigenvalue weighted by atomic mass is 10.2. The average molecular weight is 412 g/mol. The minimum Gasteiger partial charge on any atom is -0.397 e. The number of hydrogen-bond acceptors (Lipinski definition) is 4. The van der Waals surface area contributed by atoms with E-state index in [1.54, 1.807) is 17.7 Å². The molecule has 0 saturated carbocycles. The summed E-state index contributed by atoms with van der Waals surface area (Å²) < 4.78 is 40.9.